The highest BCUT2D eigenvalue weighted by molar-refractivity contribution is 7.15. The van der Waals surface area contributed by atoms with Crippen molar-refractivity contribution in [2.45, 2.75) is 31.0 Å². The zero-order valence-electron chi connectivity index (χ0n) is 23.3. The second-order valence-corrected chi connectivity index (χ2v) is 12.8. The molecule has 11 nitrogen and oxygen atoms in total. The lowest BCUT2D eigenvalue weighted by atomic mass is 9.58. The van der Waals surface area contributed by atoms with E-state index in [1.54, 1.807) is 31.5 Å². The SMILES string of the molecule is CN(C)C1C(O)=C(C(N)=O)C(=O)C2(O)C(O)=C3C(=O)c4c(O)ccc(-c5ccc(CN6CCOCC6)s5)c4CC3CC12. The Morgan fingerprint density at radius 2 is 1.86 bits per heavy atom. The summed E-state index contributed by atoms with van der Waals surface area (Å²) in [6.45, 7) is 3.88. The van der Waals surface area contributed by atoms with Crippen LogP contribution in [0.1, 0.15) is 27.2 Å². The number of aliphatic hydroxyl groups is 3. The van der Waals surface area contributed by atoms with E-state index in [0.717, 1.165) is 35.0 Å². The number of aliphatic hydroxyl groups excluding tert-OH is 2. The molecule has 1 fully saturated rings. The number of hydrogen-bond acceptors (Lipinski definition) is 11. The van der Waals surface area contributed by atoms with Crippen LogP contribution in [0.2, 0.25) is 0 Å². The number of benzene rings is 1. The first kappa shape index (κ1) is 28.6. The molecule has 0 saturated carbocycles. The summed E-state index contributed by atoms with van der Waals surface area (Å²) in [6, 6.07) is 6.23. The zero-order valence-corrected chi connectivity index (χ0v) is 24.1. The molecule has 12 heteroatoms. The highest BCUT2D eigenvalue weighted by Gasteiger charge is 2.63. The van der Waals surface area contributed by atoms with E-state index in [1.165, 1.54) is 11.0 Å². The number of Topliss-reactive ketones (excluding diaryl/α,β-unsaturated/α-hetero) is 2. The number of ether oxygens (including phenoxy) is 1. The number of rotatable bonds is 5. The molecule has 1 aromatic heterocycles. The number of phenolic OH excluding ortho intramolecular Hbond substituents is 1. The molecule has 2 aromatic rings. The van der Waals surface area contributed by atoms with E-state index in [1.807, 2.05) is 6.07 Å². The first-order valence-electron chi connectivity index (χ1n) is 13.8. The number of allylic oxidation sites excluding steroid dienone is 1. The van der Waals surface area contributed by atoms with Crippen LogP contribution in [0.25, 0.3) is 10.4 Å². The molecule has 1 aliphatic heterocycles. The lowest BCUT2D eigenvalue weighted by Crippen LogP contribution is -2.63. The summed E-state index contributed by atoms with van der Waals surface area (Å²) in [5.74, 6) is -6.59. The average Bonchev–Trinajstić information content (AvgIpc) is 3.39. The first-order valence-corrected chi connectivity index (χ1v) is 14.7. The Hall–Kier alpha value is -3.55. The molecule has 1 amide bonds. The standard InChI is InChI=1S/C30H33N3O8S/c1-32(2)24-18-12-14-11-17-16(20-6-3-15(42-20)13-33-7-9-41-10-8-33)4-5-19(34)22(17)25(35)21(14)27(37)30(18,40)28(38)23(26(24)36)29(31)39/h3-6,14,18,24,34,36-37,40H,7-13H2,1-2H3,(H2,31,39). The van der Waals surface area contributed by atoms with Gasteiger partial charge in [-0.05, 0) is 68.2 Å². The van der Waals surface area contributed by atoms with E-state index in [9.17, 15) is 34.8 Å². The van der Waals surface area contributed by atoms with Crippen molar-refractivity contribution in [3.05, 3.63) is 62.9 Å². The summed E-state index contributed by atoms with van der Waals surface area (Å²) in [5, 5.41) is 45.0. The van der Waals surface area contributed by atoms with Gasteiger partial charge in [-0.25, -0.2) is 0 Å². The Bertz CT molecular complexity index is 1570. The van der Waals surface area contributed by atoms with E-state index >= 15 is 0 Å². The summed E-state index contributed by atoms with van der Waals surface area (Å²) < 4.78 is 5.44. The molecule has 0 bridgehead atoms. The van der Waals surface area contributed by atoms with E-state index in [0.29, 0.717) is 18.8 Å². The van der Waals surface area contributed by atoms with Gasteiger partial charge in [0.15, 0.2) is 11.4 Å². The maximum absolute atomic E-state index is 14.0. The van der Waals surface area contributed by atoms with Crippen molar-refractivity contribution in [2.24, 2.45) is 17.6 Å². The van der Waals surface area contributed by atoms with Crippen LogP contribution in [0, 0.1) is 11.8 Å². The number of phenols is 1. The van der Waals surface area contributed by atoms with Gasteiger partial charge in [0.25, 0.3) is 5.91 Å². The maximum Gasteiger partial charge on any atom is 0.255 e. The van der Waals surface area contributed by atoms with Gasteiger partial charge in [-0.2, -0.15) is 0 Å². The Morgan fingerprint density at radius 3 is 2.52 bits per heavy atom. The Balaban J connectivity index is 1.43. The largest absolute Gasteiger partial charge is 0.510 e. The number of nitrogens with zero attached hydrogens (tertiary/aromatic N) is 2. The van der Waals surface area contributed by atoms with Gasteiger partial charge in [-0.3, -0.25) is 24.2 Å². The number of ketones is 2. The van der Waals surface area contributed by atoms with Crippen molar-refractivity contribution < 1.29 is 39.5 Å². The lowest BCUT2D eigenvalue weighted by molar-refractivity contribution is -0.148. The van der Waals surface area contributed by atoms with Gasteiger partial charge in [0, 0.05) is 40.9 Å². The number of amides is 1. The predicted octanol–water partition coefficient (Wildman–Crippen LogP) is 1.68. The van der Waals surface area contributed by atoms with E-state index in [2.05, 4.69) is 11.0 Å². The van der Waals surface area contributed by atoms with Gasteiger partial charge in [-0.15, -0.1) is 11.3 Å². The van der Waals surface area contributed by atoms with Crippen LogP contribution in [0.5, 0.6) is 5.75 Å². The number of carbonyl (C=O) groups is 3. The number of carbonyl (C=O) groups excluding carboxylic acids is 3. The Kier molecular flexibility index (Phi) is 7.02. The molecule has 4 atom stereocenters. The van der Waals surface area contributed by atoms with Gasteiger partial charge in [0.05, 0.1) is 24.8 Å². The van der Waals surface area contributed by atoms with Crippen LogP contribution in [0.15, 0.2) is 46.9 Å². The molecule has 6 N–H and O–H groups in total. The van der Waals surface area contributed by atoms with Gasteiger partial charge in [0.2, 0.25) is 5.78 Å². The normalized spacial score (nSPS) is 28.1. The smallest absolute Gasteiger partial charge is 0.255 e. The second-order valence-electron chi connectivity index (χ2n) is 11.6. The topological polar surface area (TPSA) is 174 Å². The first-order chi connectivity index (χ1) is 19.9. The molecule has 1 aromatic carbocycles. The molecule has 4 aliphatic rings. The molecule has 222 valence electrons. The van der Waals surface area contributed by atoms with E-state index in [-0.39, 0.29) is 29.7 Å². The summed E-state index contributed by atoms with van der Waals surface area (Å²) in [4.78, 5) is 45.5. The molecule has 6 rings (SSSR count). The number of thiophene rings is 1. The summed E-state index contributed by atoms with van der Waals surface area (Å²) in [5.41, 5.74) is 3.17. The molecular weight excluding hydrogens is 562 g/mol. The molecule has 4 unspecified atom stereocenters. The average molecular weight is 596 g/mol. The molecule has 3 aliphatic carbocycles. The van der Waals surface area contributed by atoms with Gasteiger partial charge >= 0.3 is 0 Å². The monoisotopic (exact) mass is 595 g/mol. The predicted molar refractivity (Wildman–Crippen MR) is 153 cm³/mol. The van der Waals surface area contributed by atoms with Crippen molar-refractivity contribution in [1.82, 2.24) is 9.80 Å². The van der Waals surface area contributed by atoms with Crippen molar-refractivity contribution in [1.29, 1.82) is 0 Å². The number of primary amides is 1. The number of likely N-dealkylation sites (N-methyl/N-ethyl adjacent to an activating group) is 1. The molecule has 42 heavy (non-hydrogen) atoms. The fourth-order valence-electron chi connectivity index (χ4n) is 7.07. The zero-order chi connectivity index (χ0) is 30.1. The molecule has 1 saturated heterocycles. The highest BCUT2D eigenvalue weighted by Crippen LogP contribution is 2.53. The number of nitrogens with two attached hydrogens (primary N) is 1. The summed E-state index contributed by atoms with van der Waals surface area (Å²) in [7, 11) is 3.21. The quantitative estimate of drug-likeness (QED) is 0.320. The Morgan fingerprint density at radius 1 is 1.14 bits per heavy atom. The minimum Gasteiger partial charge on any atom is -0.510 e. The third kappa shape index (κ3) is 4.20. The number of hydrogen-bond donors (Lipinski definition) is 5. The third-order valence-corrected chi connectivity index (χ3v) is 10.1. The third-order valence-electron chi connectivity index (χ3n) is 9.02. The Labute approximate surface area is 246 Å². The number of aromatic hydroxyl groups is 1. The highest BCUT2D eigenvalue weighted by atomic mass is 32.1. The van der Waals surface area contributed by atoms with Crippen LogP contribution < -0.4 is 5.73 Å². The summed E-state index contributed by atoms with van der Waals surface area (Å²) in [6.07, 6.45) is 0.294. The molecule has 0 radical (unpaired) electrons. The minimum atomic E-state index is -2.65. The number of morpholine rings is 1. The van der Waals surface area contributed by atoms with E-state index in [4.69, 9.17) is 10.5 Å². The van der Waals surface area contributed by atoms with Crippen molar-refractivity contribution in [3.8, 4) is 16.2 Å². The van der Waals surface area contributed by atoms with Gasteiger partial charge in [0.1, 0.15) is 22.8 Å². The molecular formula is C30H33N3O8S. The second kappa shape index (κ2) is 10.3. The van der Waals surface area contributed by atoms with Crippen LogP contribution in [0.3, 0.4) is 0 Å². The van der Waals surface area contributed by atoms with Gasteiger partial charge in [-0.1, -0.05) is 0 Å². The molecule has 2 heterocycles. The fraction of sp³-hybridized carbons (Fsp3) is 0.433. The van der Waals surface area contributed by atoms with Crippen molar-refractivity contribution in [2.75, 3.05) is 40.4 Å². The van der Waals surface area contributed by atoms with Crippen molar-refractivity contribution >= 4 is 28.8 Å². The van der Waals surface area contributed by atoms with Gasteiger partial charge < -0.3 is 30.9 Å². The van der Waals surface area contributed by atoms with Crippen molar-refractivity contribution in [3.63, 3.8) is 0 Å². The fourth-order valence-corrected chi connectivity index (χ4v) is 8.17. The van der Waals surface area contributed by atoms with Crippen LogP contribution in [-0.2, 0) is 27.3 Å². The van der Waals surface area contributed by atoms with E-state index < -0.39 is 58.0 Å². The molecule has 0 spiro atoms. The van der Waals surface area contributed by atoms with Crippen LogP contribution >= 0.6 is 11.3 Å². The maximum atomic E-state index is 14.0. The summed E-state index contributed by atoms with van der Waals surface area (Å²) >= 11 is 1.60. The minimum absolute atomic E-state index is 0.0106. The number of fused-ring (bicyclic) bond motifs is 3. The van der Waals surface area contributed by atoms with Crippen LogP contribution in [0.4, 0.5) is 0 Å². The lowest BCUT2D eigenvalue weighted by Gasteiger charge is -2.50. The van der Waals surface area contributed by atoms with Crippen LogP contribution in [-0.4, -0.2) is 99.7 Å².